The van der Waals surface area contributed by atoms with Crippen LogP contribution >= 0.6 is 11.3 Å². The molecule has 0 fully saturated rings. The molecule has 0 spiro atoms. The number of aromatic nitrogens is 1. The van der Waals surface area contributed by atoms with Crippen LogP contribution in [0.5, 0.6) is 0 Å². The molecule has 1 aromatic heterocycles. The molecule has 1 amide bonds. The number of hydrogen-bond donors (Lipinski definition) is 2. The topological polar surface area (TPSA) is 80.5 Å². The highest BCUT2D eigenvalue weighted by Crippen LogP contribution is 2.25. The molecular weight excluding hydrogens is 252 g/mol. The largest absolute Gasteiger partial charge is 0.383 e. The van der Waals surface area contributed by atoms with Crippen molar-refractivity contribution in [1.29, 1.82) is 0 Å². The summed E-state index contributed by atoms with van der Waals surface area (Å²) in [5, 5.41) is 3.62. The highest BCUT2D eigenvalue weighted by molar-refractivity contribution is 7.18. The Morgan fingerprint density at radius 2 is 2.44 bits per heavy atom. The molecule has 0 aliphatic rings. The first kappa shape index (κ1) is 14.3. The van der Waals surface area contributed by atoms with Gasteiger partial charge in [-0.2, -0.15) is 0 Å². The molecule has 7 heteroatoms. The van der Waals surface area contributed by atoms with Crippen molar-refractivity contribution >= 4 is 28.2 Å². The van der Waals surface area contributed by atoms with Crippen molar-refractivity contribution in [3.63, 3.8) is 0 Å². The molecule has 1 aromatic rings. The van der Waals surface area contributed by atoms with Crippen LogP contribution in [0.3, 0.4) is 0 Å². The van der Waals surface area contributed by atoms with E-state index in [2.05, 4.69) is 16.2 Å². The smallest absolute Gasteiger partial charge is 0.268 e. The van der Waals surface area contributed by atoms with Gasteiger partial charge in [0.1, 0.15) is 10.7 Å². The fourth-order valence-electron chi connectivity index (χ4n) is 1.20. The van der Waals surface area contributed by atoms with E-state index >= 15 is 0 Å². The van der Waals surface area contributed by atoms with Crippen LogP contribution in [0.2, 0.25) is 0 Å². The number of rotatable bonds is 6. The number of nitrogen functional groups attached to an aromatic ring is 1. The molecule has 0 saturated heterocycles. The third-order valence-corrected chi connectivity index (χ3v) is 3.12. The molecule has 6 nitrogen and oxygen atoms in total. The number of carbonyl (C=O) groups excluding carboxylic acids is 1. The Morgan fingerprint density at radius 3 is 3.06 bits per heavy atom. The zero-order chi connectivity index (χ0) is 13.5. The molecule has 0 aliphatic carbocycles. The van der Waals surface area contributed by atoms with Crippen LogP contribution in [0.4, 0.5) is 10.9 Å². The number of anilines is 2. The molecule has 0 atom stereocenters. The van der Waals surface area contributed by atoms with Crippen molar-refractivity contribution in [3.05, 3.63) is 4.88 Å². The van der Waals surface area contributed by atoms with Crippen LogP contribution in [0.25, 0.3) is 0 Å². The lowest BCUT2D eigenvalue weighted by molar-refractivity contribution is 0.0818. The third kappa shape index (κ3) is 3.61. The fourth-order valence-corrected chi connectivity index (χ4v) is 2.11. The van der Waals surface area contributed by atoms with Crippen molar-refractivity contribution in [1.82, 2.24) is 9.88 Å². The van der Waals surface area contributed by atoms with E-state index in [0.717, 1.165) is 0 Å². The summed E-state index contributed by atoms with van der Waals surface area (Å²) >= 11 is 1.21. The minimum atomic E-state index is -0.220. The maximum atomic E-state index is 12.0. The lowest BCUT2D eigenvalue weighted by atomic mass is 10.4. The summed E-state index contributed by atoms with van der Waals surface area (Å²) in [6.45, 7) is 1.40. The van der Waals surface area contributed by atoms with Crippen molar-refractivity contribution < 1.29 is 9.53 Å². The third-order valence-electron chi connectivity index (χ3n) is 2.11. The first-order valence-corrected chi connectivity index (χ1v) is 6.09. The fraction of sp³-hybridized carbons (Fsp3) is 0.455. The van der Waals surface area contributed by atoms with Crippen molar-refractivity contribution in [3.8, 4) is 12.3 Å². The number of terminal acetylenes is 1. The molecular formula is C11H16N4O2S. The zero-order valence-electron chi connectivity index (χ0n) is 10.4. The number of thiazole rings is 1. The van der Waals surface area contributed by atoms with E-state index in [1.165, 1.54) is 16.2 Å². The van der Waals surface area contributed by atoms with E-state index in [4.69, 9.17) is 16.9 Å². The summed E-state index contributed by atoms with van der Waals surface area (Å²) < 4.78 is 4.90. The van der Waals surface area contributed by atoms with E-state index < -0.39 is 0 Å². The number of nitrogens with two attached hydrogens (primary N) is 1. The van der Waals surface area contributed by atoms with Gasteiger partial charge in [-0.15, -0.1) is 6.42 Å². The van der Waals surface area contributed by atoms with Crippen LogP contribution in [-0.4, -0.2) is 49.6 Å². The van der Waals surface area contributed by atoms with E-state index in [1.807, 2.05) is 0 Å². The lowest BCUT2D eigenvalue weighted by Gasteiger charge is -2.11. The second-order valence-electron chi connectivity index (χ2n) is 3.52. The normalized spacial score (nSPS) is 9.83. The zero-order valence-corrected chi connectivity index (χ0v) is 11.2. The van der Waals surface area contributed by atoms with Crippen LogP contribution < -0.4 is 11.1 Å². The average molecular weight is 268 g/mol. The van der Waals surface area contributed by atoms with Gasteiger partial charge in [0.05, 0.1) is 13.2 Å². The van der Waals surface area contributed by atoms with Crippen molar-refractivity contribution in [2.75, 3.05) is 44.9 Å². The number of hydrogen-bond acceptors (Lipinski definition) is 6. The predicted molar refractivity (Wildman–Crippen MR) is 72.7 cm³/mol. The number of amides is 1. The molecule has 0 aliphatic heterocycles. The van der Waals surface area contributed by atoms with Gasteiger partial charge in [-0.3, -0.25) is 4.79 Å². The summed E-state index contributed by atoms with van der Waals surface area (Å²) in [7, 11) is 3.24. The number of methoxy groups -OCH3 is 1. The predicted octanol–water partition coefficient (Wildman–Crippen LogP) is 0.489. The number of ether oxygens (including phenoxy) is 1. The maximum Gasteiger partial charge on any atom is 0.268 e. The summed E-state index contributed by atoms with van der Waals surface area (Å²) in [4.78, 5) is 17.9. The SMILES string of the molecule is C#CCN(C)C(=O)c1sc(NCCOC)nc1N. The molecule has 1 heterocycles. The molecule has 0 bridgehead atoms. The first-order valence-electron chi connectivity index (χ1n) is 5.28. The van der Waals surface area contributed by atoms with Crippen molar-refractivity contribution in [2.24, 2.45) is 0 Å². The van der Waals surface area contributed by atoms with Gasteiger partial charge in [-0.1, -0.05) is 17.3 Å². The van der Waals surface area contributed by atoms with Gasteiger partial charge in [0.2, 0.25) is 0 Å². The Hall–Kier alpha value is -1.78. The standard InChI is InChI=1S/C11H16N4O2S/c1-4-6-15(2)10(16)8-9(12)14-11(18-8)13-5-7-17-3/h1H,5-7,12H2,2-3H3,(H,13,14). The average Bonchev–Trinajstić information content (AvgIpc) is 2.70. The first-order chi connectivity index (χ1) is 8.60. The Bertz CT molecular complexity index is 452. The summed E-state index contributed by atoms with van der Waals surface area (Å²) in [6.07, 6.45) is 5.16. The molecule has 1 rings (SSSR count). The quantitative estimate of drug-likeness (QED) is 0.579. The number of nitrogens with one attached hydrogen (secondary N) is 1. The van der Waals surface area contributed by atoms with E-state index in [9.17, 15) is 4.79 Å². The summed E-state index contributed by atoms with van der Waals surface area (Å²) in [5.41, 5.74) is 5.71. The maximum absolute atomic E-state index is 12.0. The Balaban J connectivity index is 2.72. The van der Waals surface area contributed by atoms with Gasteiger partial charge in [0.15, 0.2) is 5.13 Å². The molecule has 0 saturated carbocycles. The van der Waals surface area contributed by atoms with E-state index in [-0.39, 0.29) is 18.3 Å². The van der Waals surface area contributed by atoms with Gasteiger partial charge >= 0.3 is 0 Å². The summed E-state index contributed by atoms with van der Waals surface area (Å²) in [5.74, 6) is 2.40. The van der Waals surface area contributed by atoms with E-state index in [1.54, 1.807) is 14.2 Å². The molecule has 18 heavy (non-hydrogen) atoms. The Morgan fingerprint density at radius 1 is 1.72 bits per heavy atom. The number of carbonyl (C=O) groups is 1. The molecule has 98 valence electrons. The van der Waals surface area contributed by atoms with E-state index in [0.29, 0.717) is 23.2 Å². The minimum Gasteiger partial charge on any atom is -0.383 e. The molecule has 3 N–H and O–H groups in total. The van der Waals surface area contributed by atoms with Crippen LogP contribution in [0.15, 0.2) is 0 Å². The Labute approximate surface area is 110 Å². The monoisotopic (exact) mass is 268 g/mol. The van der Waals surface area contributed by atoms with Gasteiger partial charge in [0.25, 0.3) is 5.91 Å². The van der Waals surface area contributed by atoms with Gasteiger partial charge in [-0.25, -0.2) is 4.98 Å². The number of nitrogens with zero attached hydrogens (tertiary/aromatic N) is 2. The van der Waals surface area contributed by atoms with Gasteiger partial charge < -0.3 is 20.7 Å². The highest BCUT2D eigenvalue weighted by Gasteiger charge is 2.19. The molecule has 0 aromatic carbocycles. The molecule has 0 radical (unpaired) electrons. The van der Waals surface area contributed by atoms with Crippen molar-refractivity contribution in [2.45, 2.75) is 0 Å². The minimum absolute atomic E-state index is 0.216. The van der Waals surface area contributed by atoms with Gasteiger partial charge in [0, 0.05) is 20.7 Å². The lowest BCUT2D eigenvalue weighted by Crippen LogP contribution is -2.26. The highest BCUT2D eigenvalue weighted by atomic mass is 32.1. The second kappa shape index (κ2) is 6.83. The second-order valence-corrected chi connectivity index (χ2v) is 4.52. The van der Waals surface area contributed by atoms with Crippen LogP contribution in [-0.2, 0) is 4.74 Å². The molecule has 0 unspecified atom stereocenters. The van der Waals surface area contributed by atoms with Crippen LogP contribution in [0.1, 0.15) is 9.67 Å². The summed E-state index contributed by atoms with van der Waals surface area (Å²) in [6, 6.07) is 0. The Kier molecular flexibility index (Phi) is 5.42. The van der Waals surface area contributed by atoms with Crippen LogP contribution in [0, 0.1) is 12.3 Å². The van der Waals surface area contributed by atoms with Gasteiger partial charge in [-0.05, 0) is 0 Å².